The van der Waals surface area contributed by atoms with Gasteiger partial charge in [0.1, 0.15) is 36.4 Å². The topological polar surface area (TPSA) is 247 Å². The number of aromatic nitrogens is 2. The molecule has 0 unspecified atom stereocenters. The molecule has 0 spiro atoms. The van der Waals surface area contributed by atoms with Crippen LogP contribution in [-0.4, -0.2) is 125 Å². The van der Waals surface area contributed by atoms with Gasteiger partial charge in [-0.1, -0.05) is 42.1 Å². The van der Waals surface area contributed by atoms with Crippen molar-refractivity contribution in [2.24, 2.45) is 0 Å². The quantitative estimate of drug-likeness (QED) is 0.0990. The monoisotopic (exact) mass is 968 g/mol. The maximum Gasteiger partial charge on any atom is 0.303 e. The fourth-order valence-corrected chi connectivity index (χ4v) is 10.8. The summed E-state index contributed by atoms with van der Waals surface area (Å²) in [4.78, 5) is 110. The maximum absolute atomic E-state index is 14.8. The Kier molecular flexibility index (Phi) is 15.3. The van der Waals surface area contributed by atoms with Crippen molar-refractivity contribution in [3.63, 3.8) is 0 Å². The van der Waals surface area contributed by atoms with Crippen LogP contribution in [0.1, 0.15) is 65.3 Å². The molecule has 10 atom stereocenters. The molecule has 67 heavy (non-hydrogen) atoms. The molecule has 2 saturated heterocycles. The molecule has 358 valence electrons. The summed E-state index contributed by atoms with van der Waals surface area (Å²) in [6.07, 6.45) is -12.2. The van der Waals surface area contributed by atoms with Gasteiger partial charge in [0, 0.05) is 53.3 Å². The van der Waals surface area contributed by atoms with E-state index in [1.165, 1.54) is 15.9 Å². The van der Waals surface area contributed by atoms with Crippen LogP contribution in [0.5, 0.6) is 0 Å². The third-order valence-corrected chi connectivity index (χ3v) is 13.1. The third kappa shape index (κ3) is 11.3. The summed E-state index contributed by atoms with van der Waals surface area (Å²) >= 11 is 2.28. The van der Waals surface area contributed by atoms with Crippen molar-refractivity contribution in [2.45, 2.75) is 133 Å². The Morgan fingerprint density at radius 2 is 1.21 bits per heavy atom. The van der Waals surface area contributed by atoms with Crippen molar-refractivity contribution in [3.05, 3.63) is 63.3 Å². The van der Waals surface area contributed by atoms with E-state index in [-0.39, 0.29) is 10.7 Å². The summed E-state index contributed by atoms with van der Waals surface area (Å²) in [6, 6.07) is 13.1. The van der Waals surface area contributed by atoms with Gasteiger partial charge in [0.2, 0.25) is 0 Å². The van der Waals surface area contributed by atoms with Crippen molar-refractivity contribution in [1.29, 1.82) is 0 Å². The van der Waals surface area contributed by atoms with E-state index in [0.717, 1.165) is 94.3 Å². The smallest absolute Gasteiger partial charge is 0.303 e. The number of rotatable bonds is 14. The lowest BCUT2D eigenvalue weighted by Gasteiger charge is -2.48. The van der Waals surface area contributed by atoms with Crippen molar-refractivity contribution >= 4 is 85.9 Å². The Hall–Kier alpha value is -5.94. The van der Waals surface area contributed by atoms with E-state index >= 15 is 0 Å². The van der Waals surface area contributed by atoms with Gasteiger partial charge in [-0.2, -0.15) is 0 Å². The SMILES string of the molecule is CC(=O)OC[C@@H]1O[C@@H](Sc2nc3sc4c(c3c(=O)n2-c2ccc3ccccc3c2)CCC4)[C@@H](OC(C)=O)[C@H](OC(C)=O)[C@H]1O[C@H]1O[C@@H](COC(C)=O)[C@@H](OC(C)=O)[C@@H](OC(C)=O)[C@@H]1OC(C)=O. The molecule has 1 aliphatic carbocycles. The average molecular weight is 969 g/mol. The maximum atomic E-state index is 14.8. The number of fused-ring (bicyclic) bond motifs is 4. The van der Waals surface area contributed by atoms with E-state index in [0.29, 0.717) is 22.3 Å². The molecule has 2 aromatic heterocycles. The Labute approximate surface area is 390 Å². The number of nitrogens with zero attached hydrogens (tertiary/aromatic N) is 2. The normalized spacial score (nSPS) is 25.7. The Morgan fingerprint density at radius 1 is 0.657 bits per heavy atom. The van der Waals surface area contributed by atoms with Crippen LogP contribution in [0.15, 0.2) is 52.4 Å². The van der Waals surface area contributed by atoms with Crippen LogP contribution in [0.3, 0.4) is 0 Å². The van der Waals surface area contributed by atoms with Gasteiger partial charge in [-0.3, -0.25) is 42.9 Å². The van der Waals surface area contributed by atoms with Gasteiger partial charge in [-0.05, 0) is 47.7 Å². The number of aryl methyl sites for hydroxylation is 2. The van der Waals surface area contributed by atoms with E-state index in [4.69, 9.17) is 52.4 Å². The highest BCUT2D eigenvalue weighted by atomic mass is 32.2. The van der Waals surface area contributed by atoms with Crippen molar-refractivity contribution in [2.75, 3.05) is 13.2 Å². The number of carbonyl (C=O) groups is 7. The number of hydrogen-bond acceptors (Lipinski definition) is 21. The number of esters is 7. The highest BCUT2D eigenvalue weighted by molar-refractivity contribution is 7.99. The zero-order valence-corrected chi connectivity index (χ0v) is 39.0. The molecule has 7 rings (SSSR count). The molecule has 0 radical (unpaired) electrons. The van der Waals surface area contributed by atoms with Crippen molar-refractivity contribution in [1.82, 2.24) is 9.55 Å². The van der Waals surface area contributed by atoms with E-state index in [1.807, 2.05) is 36.4 Å². The van der Waals surface area contributed by atoms with Crippen molar-refractivity contribution < 1.29 is 80.9 Å². The fourth-order valence-electron chi connectivity index (χ4n) is 8.32. The number of thioether (sulfide) groups is 1. The summed E-state index contributed by atoms with van der Waals surface area (Å²) in [5, 5.41) is 2.36. The zero-order valence-electron chi connectivity index (χ0n) is 37.4. The number of carbonyl (C=O) groups excluding carboxylic acids is 7. The standard InChI is InChI=1S/C45H48N2O18S2/c1-20(48)56-18-31-35(58-22(3)50)37(59-23(4)51)39(61-25(6)53)43(63-31)65-36-32(19-57-21(2)49)64-44(40(62-26(7)54)38(36)60-24(5)52)67-45-46-41-34(30-13-10-14-33(30)66-41)42(55)47(45)29-16-15-27-11-8-9-12-28(27)17-29/h8-9,11-12,15-17,31-32,35-40,43-44H,10,13-14,18-19H2,1-7H3/t31-,32-,35+,36-,37+,38+,39-,40-,43+,44-/m0/s1. The second-order valence-electron chi connectivity index (χ2n) is 15.9. The summed E-state index contributed by atoms with van der Waals surface area (Å²) in [6.45, 7) is 6.38. The van der Waals surface area contributed by atoms with Crippen LogP contribution < -0.4 is 5.56 Å². The molecule has 4 heterocycles. The minimum absolute atomic E-state index is 0.113. The summed E-state index contributed by atoms with van der Waals surface area (Å²) in [5.74, 6) is -5.98. The number of ether oxygens (including phenoxy) is 10. The van der Waals surface area contributed by atoms with Crippen LogP contribution in [0.4, 0.5) is 0 Å². The predicted molar refractivity (Wildman–Crippen MR) is 234 cm³/mol. The second-order valence-corrected chi connectivity index (χ2v) is 18.0. The van der Waals surface area contributed by atoms with Gasteiger partial charge in [0.05, 0.1) is 11.1 Å². The van der Waals surface area contributed by atoms with Gasteiger partial charge in [-0.15, -0.1) is 11.3 Å². The summed E-state index contributed by atoms with van der Waals surface area (Å²) in [5.41, 5.74) is -0.322. The van der Waals surface area contributed by atoms with Crippen LogP contribution in [0.25, 0.3) is 26.7 Å². The van der Waals surface area contributed by atoms with Gasteiger partial charge >= 0.3 is 41.8 Å². The average Bonchev–Trinajstić information content (AvgIpc) is 3.84. The molecule has 2 aromatic carbocycles. The molecular formula is C45H48N2O18S2. The van der Waals surface area contributed by atoms with Crippen LogP contribution in [0, 0.1) is 0 Å². The molecule has 2 fully saturated rings. The third-order valence-electron chi connectivity index (χ3n) is 10.8. The first-order valence-corrected chi connectivity index (χ1v) is 22.9. The van der Waals surface area contributed by atoms with Gasteiger partial charge in [0.15, 0.2) is 47.4 Å². The van der Waals surface area contributed by atoms with E-state index in [2.05, 4.69) is 0 Å². The van der Waals surface area contributed by atoms with Crippen LogP contribution in [0.2, 0.25) is 0 Å². The number of hydrogen-bond donors (Lipinski definition) is 0. The molecule has 0 bridgehead atoms. The minimum Gasteiger partial charge on any atom is -0.463 e. The first-order valence-electron chi connectivity index (χ1n) is 21.2. The first-order chi connectivity index (χ1) is 31.9. The van der Waals surface area contributed by atoms with Gasteiger partial charge in [0.25, 0.3) is 5.56 Å². The summed E-state index contributed by atoms with van der Waals surface area (Å²) < 4.78 is 59.9. The van der Waals surface area contributed by atoms with Gasteiger partial charge < -0.3 is 47.4 Å². The highest BCUT2D eigenvalue weighted by Crippen LogP contribution is 2.42. The second kappa shape index (κ2) is 20.9. The molecule has 0 N–H and O–H groups in total. The van der Waals surface area contributed by atoms with E-state index in [1.54, 1.807) is 6.07 Å². The first kappa shape index (κ1) is 49.0. The largest absolute Gasteiger partial charge is 0.463 e. The molecule has 22 heteroatoms. The Bertz CT molecular complexity index is 2650. The van der Waals surface area contributed by atoms with Gasteiger partial charge in [-0.25, -0.2) is 4.98 Å². The number of benzene rings is 2. The lowest BCUT2D eigenvalue weighted by molar-refractivity contribution is -0.341. The Balaban J connectivity index is 1.35. The highest BCUT2D eigenvalue weighted by Gasteiger charge is 2.57. The predicted octanol–water partition coefficient (Wildman–Crippen LogP) is 3.80. The molecule has 4 aromatic rings. The molecule has 20 nitrogen and oxygen atoms in total. The van der Waals surface area contributed by atoms with E-state index in [9.17, 15) is 38.4 Å². The molecular weight excluding hydrogens is 921 g/mol. The Morgan fingerprint density at radius 3 is 1.82 bits per heavy atom. The minimum atomic E-state index is -1.85. The van der Waals surface area contributed by atoms with Crippen LogP contribution >= 0.6 is 23.1 Å². The van der Waals surface area contributed by atoms with Crippen molar-refractivity contribution in [3.8, 4) is 5.69 Å². The molecule has 0 amide bonds. The lowest BCUT2D eigenvalue weighted by atomic mass is 9.96. The van der Waals surface area contributed by atoms with E-state index < -0.39 is 116 Å². The molecule has 0 saturated carbocycles. The zero-order chi connectivity index (χ0) is 48.3. The molecule has 2 aliphatic heterocycles. The van der Waals surface area contributed by atoms with Crippen LogP contribution in [-0.2, 0) is 93.8 Å². The fraction of sp³-hybridized carbons (Fsp3) is 0.489. The lowest BCUT2D eigenvalue weighted by Crippen LogP contribution is -2.66. The summed E-state index contributed by atoms with van der Waals surface area (Å²) in [7, 11) is 0. The molecule has 3 aliphatic rings. The number of thiophene rings is 1.